The van der Waals surface area contributed by atoms with Crippen LogP contribution in [0.3, 0.4) is 0 Å². The fourth-order valence-corrected chi connectivity index (χ4v) is 0. The molecule has 6 heavy (non-hydrogen) atoms. The van der Waals surface area contributed by atoms with Gasteiger partial charge in [-0.2, -0.15) is 0 Å². The van der Waals surface area contributed by atoms with Crippen molar-refractivity contribution in [2.75, 3.05) is 0 Å². The highest BCUT2D eigenvalue weighted by Crippen LogP contribution is 1.25. The minimum atomic E-state index is -0.833. The molecular weight excluding hydrogens is 84.0 g/mol. The van der Waals surface area contributed by atoms with Crippen LogP contribution in [0.5, 0.6) is 0 Å². The zero-order valence-corrected chi connectivity index (χ0v) is 3.18. The summed E-state index contributed by atoms with van der Waals surface area (Å²) in [5.41, 5.74) is 8.50. The highest BCUT2D eigenvalue weighted by molar-refractivity contribution is 5.69. The maximum absolute atomic E-state index is 9.00. The molecule has 4 N–H and O–H groups in total. The zero-order valence-electron chi connectivity index (χ0n) is 3.18. The van der Waals surface area contributed by atoms with E-state index in [1.807, 2.05) is 6.79 Å². The Balaban J connectivity index is 0. The van der Waals surface area contributed by atoms with Crippen LogP contribution in [0, 0.1) is 0 Å². The van der Waals surface area contributed by atoms with E-state index in [4.69, 9.17) is 9.59 Å². The quantitative estimate of drug-likeness (QED) is 0.393. The molecule has 0 aromatic heterocycles. The van der Waals surface area contributed by atoms with Crippen LogP contribution in [-0.2, 0) is 4.79 Å². The first kappa shape index (κ1) is 8.87. The number of primary amides is 2. The first-order valence-corrected chi connectivity index (χ1v) is 1.07. The summed E-state index contributed by atoms with van der Waals surface area (Å²) in [6, 6.07) is -0.833. The molecule has 0 heterocycles. The second-order valence-electron chi connectivity index (χ2n) is 0.402. The SMILES string of the molecule is C=O.NC(N)=O. The Hall–Kier alpha value is -1.06. The summed E-state index contributed by atoms with van der Waals surface area (Å²) in [4.78, 5) is 17.0. The average Bonchev–Trinajstić information content (AvgIpc) is 1.41. The fourth-order valence-electron chi connectivity index (χ4n) is 0. The summed E-state index contributed by atoms with van der Waals surface area (Å²) in [7, 11) is 0. The molecule has 0 fully saturated rings. The van der Waals surface area contributed by atoms with Crippen LogP contribution in [0.15, 0.2) is 0 Å². The van der Waals surface area contributed by atoms with E-state index in [1.165, 1.54) is 0 Å². The highest BCUT2D eigenvalue weighted by atomic mass is 16.2. The Kier molecular flexibility index (Phi) is 13.4. The van der Waals surface area contributed by atoms with E-state index >= 15 is 0 Å². The zero-order chi connectivity index (χ0) is 5.58. The third kappa shape index (κ3) is 9.85. The van der Waals surface area contributed by atoms with Gasteiger partial charge in [0.15, 0.2) is 0 Å². The summed E-state index contributed by atoms with van der Waals surface area (Å²) in [5.74, 6) is 0. The van der Waals surface area contributed by atoms with Crippen LogP contribution in [0.2, 0.25) is 0 Å². The van der Waals surface area contributed by atoms with Crippen molar-refractivity contribution >= 4 is 12.8 Å². The lowest BCUT2D eigenvalue weighted by atomic mass is 11.2. The van der Waals surface area contributed by atoms with E-state index in [0.29, 0.717) is 0 Å². The van der Waals surface area contributed by atoms with Crippen molar-refractivity contribution in [1.82, 2.24) is 0 Å². The Labute approximate surface area is 35.1 Å². The van der Waals surface area contributed by atoms with Gasteiger partial charge in [0.1, 0.15) is 6.79 Å². The summed E-state index contributed by atoms with van der Waals surface area (Å²) >= 11 is 0. The lowest BCUT2D eigenvalue weighted by Gasteiger charge is -1.62. The first-order valence-electron chi connectivity index (χ1n) is 1.07. The molecule has 0 bridgehead atoms. The molecule has 0 unspecified atom stereocenters. The summed E-state index contributed by atoms with van der Waals surface area (Å²) in [5, 5.41) is 0. The van der Waals surface area contributed by atoms with Crippen LogP contribution >= 0.6 is 0 Å². The number of amides is 2. The monoisotopic (exact) mass is 90.0 g/mol. The van der Waals surface area contributed by atoms with Crippen molar-refractivity contribution in [1.29, 1.82) is 0 Å². The van der Waals surface area contributed by atoms with Gasteiger partial charge in [-0.15, -0.1) is 0 Å². The number of carbonyl (C=O) groups excluding carboxylic acids is 2. The molecule has 4 heteroatoms. The predicted octanol–water partition coefficient (Wildman–Crippen LogP) is -1.16. The molecule has 0 rings (SSSR count). The van der Waals surface area contributed by atoms with E-state index in [1.54, 1.807) is 0 Å². The molecule has 0 aromatic rings. The number of rotatable bonds is 0. The molecule has 0 aromatic carbocycles. The molecule has 0 saturated heterocycles. The molecule has 2 amide bonds. The van der Waals surface area contributed by atoms with Gasteiger partial charge in [0.05, 0.1) is 0 Å². The molecule has 0 aliphatic carbocycles. The van der Waals surface area contributed by atoms with Gasteiger partial charge in [-0.05, 0) is 0 Å². The first-order chi connectivity index (χ1) is 2.73. The van der Waals surface area contributed by atoms with Crippen LogP contribution < -0.4 is 11.5 Å². The van der Waals surface area contributed by atoms with Gasteiger partial charge in [-0.3, -0.25) is 0 Å². The standard InChI is InChI=1S/CH4N2O.CH2O/c2-1(3)4;1-2/h(H4,2,3,4);1H2. The lowest BCUT2D eigenvalue weighted by molar-refractivity contribution is -0.0979. The minimum Gasteiger partial charge on any atom is -0.352 e. The van der Waals surface area contributed by atoms with Crippen molar-refractivity contribution in [3.8, 4) is 0 Å². The fraction of sp³-hybridized carbons (Fsp3) is 0. The Bertz CT molecular complexity index is 40.8. The predicted molar refractivity (Wildman–Crippen MR) is 20.9 cm³/mol. The second kappa shape index (κ2) is 9.05. The molecule has 4 nitrogen and oxygen atoms in total. The van der Waals surface area contributed by atoms with Gasteiger partial charge in [-0.1, -0.05) is 0 Å². The Morgan fingerprint density at radius 3 is 1.33 bits per heavy atom. The third-order valence-electron chi connectivity index (χ3n) is 0. The van der Waals surface area contributed by atoms with E-state index < -0.39 is 6.03 Å². The van der Waals surface area contributed by atoms with Crippen molar-refractivity contribution in [3.63, 3.8) is 0 Å². The van der Waals surface area contributed by atoms with Crippen LogP contribution in [0.1, 0.15) is 0 Å². The number of urea groups is 1. The molecule has 0 atom stereocenters. The van der Waals surface area contributed by atoms with E-state index in [0.717, 1.165) is 0 Å². The van der Waals surface area contributed by atoms with Gasteiger partial charge in [-0.25, -0.2) is 4.79 Å². The molecular formula is C2H6N2O2. The molecule has 0 aliphatic rings. The number of carbonyl (C=O) groups is 2. The maximum Gasteiger partial charge on any atom is 0.309 e. The van der Waals surface area contributed by atoms with Gasteiger partial charge in [0.2, 0.25) is 0 Å². The van der Waals surface area contributed by atoms with Crippen molar-refractivity contribution in [2.45, 2.75) is 0 Å². The van der Waals surface area contributed by atoms with E-state index in [-0.39, 0.29) is 0 Å². The van der Waals surface area contributed by atoms with Gasteiger partial charge in [0, 0.05) is 0 Å². The third-order valence-corrected chi connectivity index (χ3v) is 0. The molecule has 0 spiro atoms. The minimum absolute atomic E-state index is 0.833. The smallest absolute Gasteiger partial charge is 0.309 e. The number of hydrogen-bond acceptors (Lipinski definition) is 2. The van der Waals surface area contributed by atoms with Crippen molar-refractivity contribution in [3.05, 3.63) is 0 Å². The van der Waals surface area contributed by atoms with E-state index in [2.05, 4.69) is 11.5 Å². The summed E-state index contributed by atoms with van der Waals surface area (Å²) in [6.07, 6.45) is 0. The van der Waals surface area contributed by atoms with Crippen LogP contribution in [0.4, 0.5) is 4.79 Å². The van der Waals surface area contributed by atoms with Gasteiger partial charge < -0.3 is 16.3 Å². The largest absolute Gasteiger partial charge is 0.352 e. The molecule has 36 valence electrons. The topological polar surface area (TPSA) is 86.2 Å². The molecule has 0 aliphatic heterocycles. The summed E-state index contributed by atoms with van der Waals surface area (Å²) < 4.78 is 0. The lowest BCUT2D eigenvalue weighted by Crippen LogP contribution is -2.18. The van der Waals surface area contributed by atoms with Gasteiger partial charge >= 0.3 is 6.03 Å². The molecule has 0 radical (unpaired) electrons. The van der Waals surface area contributed by atoms with E-state index in [9.17, 15) is 0 Å². The van der Waals surface area contributed by atoms with Crippen molar-refractivity contribution < 1.29 is 9.59 Å². The number of hydrogen-bond donors (Lipinski definition) is 2. The van der Waals surface area contributed by atoms with Gasteiger partial charge in [0.25, 0.3) is 0 Å². The van der Waals surface area contributed by atoms with Crippen LogP contribution in [0.25, 0.3) is 0 Å². The molecule has 0 saturated carbocycles. The maximum atomic E-state index is 9.00. The highest BCUT2D eigenvalue weighted by Gasteiger charge is 1.60. The summed E-state index contributed by atoms with van der Waals surface area (Å²) in [6.45, 7) is 2.00. The second-order valence-corrected chi connectivity index (χ2v) is 0.402. The van der Waals surface area contributed by atoms with Crippen molar-refractivity contribution in [2.24, 2.45) is 11.5 Å². The van der Waals surface area contributed by atoms with Crippen LogP contribution in [-0.4, -0.2) is 12.8 Å². The normalized spacial score (nSPS) is 4.67. The number of nitrogens with two attached hydrogens (primary N) is 2. The Morgan fingerprint density at radius 2 is 1.33 bits per heavy atom. The average molecular weight is 90.1 g/mol. The Morgan fingerprint density at radius 1 is 1.33 bits per heavy atom.